The van der Waals surface area contributed by atoms with E-state index < -0.39 is 0 Å². The fourth-order valence-corrected chi connectivity index (χ4v) is 7.88. The monoisotopic (exact) mass is 648 g/mol. The summed E-state index contributed by atoms with van der Waals surface area (Å²) in [6.07, 6.45) is 1.81. The summed E-state index contributed by atoms with van der Waals surface area (Å²) < 4.78 is 2.45. The van der Waals surface area contributed by atoms with Crippen molar-refractivity contribution in [3.05, 3.63) is 170 Å². The Labute approximate surface area is 292 Å². The largest absolute Gasteiger partial charge is 0.309 e. The average molecular weight is 649 g/mol. The summed E-state index contributed by atoms with van der Waals surface area (Å²) in [7, 11) is 0. The zero-order valence-electron chi connectivity index (χ0n) is 27.5. The molecule has 4 heteroatoms. The second-order valence-corrected chi connectivity index (χ2v) is 13.3. The van der Waals surface area contributed by atoms with Crippen LogP contribution < -0.4 is 0 Å². The molecule has 3 heterocycles. The first-order chi connectivity index (χ1) is 25.2. The van der Waals surface area contributed by atoms with Crippen LogP contribution in [0.1, 0.15) is 0 Å². The van der Waals surface area contributed by atoms with Crippen LogP contribution in [0.4, 0.5) is 0 Å². The third-order valence-electron chi connectivity index (χ3n) is 10.3. The van der Waals surface area contributed by atoms with Crippen molar-refractivity contribution < 1.29 is 0 Å². The van der Waals surface area contributed by atoms with Gasteiger partial charge in [-0.25, -0.2) is 9.97 Å². The van der Waals surface area contributed by atoms with Crippen molar-refractivity contribution in [2.45, 2.75) is 0 Å². The molecule has 11 rings (SSSR count). The van der Waals surface area contributed by atoms with E-state index in [2.05, 4.69) is 156 Å². The van der Waals surface area contributed by atoms with E-state index in [4.69, 9.17) is 15.0 Å². The predicted molar refractivity (Wildman–Crippen MR) is 213 cm³/mol. The quantitative estimate of drug-likeness (QED) is 0.191. The molecule has 0 radical (unpaired) electrons. The Balaban J connectivity index is 1.09. The molecule has 0 aliphatic rings. The molecular weight excluding hydrogens is 621 g/mol. The topological polar surface area (TPSA) is 43.6 Å². The summed E-state index contributed by atoms with van der Waals surface area (Å²) in [6.45, 7) is 0. The number of aromatic nitrogens is 4. The molecule has 0 saturated heterocycles. The molecule has 3 aromatic heterocycles. The molecular formula is C47H28N4. The minimum Gasteiger partial charge on any atom is -0.309 e. The number of fused-ring (bicyclic) bond motifs is 9. The standard InChI is InChI=1S/C47H28N4/c1-2-10-31-24-36(17-15-29(31)8-1)44-45-42(14-7-23-48-45)49-47(50-44)37-18-16-35-26-38(21-19-34(35)25-37)51-43-28-33-12-4-3-11-32(33)27-41(43)40-22-20-30-9-5-6-13-39(30)46(40)51/h1-28H. The van der Waals surface area contributed by atoms with E-state index in [-0.39, 0.29) is 0 Å². The smallest absolute Gasteiger partial charge is 0.160 e. The van der Waals surface area contributed by atoms with Gasteiger partial charge in [0, 0.05) is 39.2 Å². The molecule has 4 nitrogen and oxygen atoms in total. The van der Waals surface area contributed by atoms with Gasteiger partial charge in [0.1, 0.15) is 11.2 Å². The van der Waals surface area contributed by atoms with E-state index in [1.54, 1.807) is 0 Å². The SMILES string of the molecule is c1ccc2cc(-c3nc(-c4ccc5cc(-n6c7cc8ccccc8cc7c7ccc8ccccc8c76)ccc5c4)nc4cccnc34)ccc2c1. The molecule has 0 spiro atoms. The molecule has 8 aromatic carbocycles. The van der Waals surface area contributed by atoms with Crippen LogP contribution in [-0.2, 0) is 0 Å². The van der Waals surface area contributed by atoms with Gasteiger partial charge < -0.3 is 4.57 Å². The Bertz CT molecular complexity index is 3210. The lowest BCUT2D eigenvalue weighted by Crippen LogP contribution is -1.97. The molecule has 0 unspecified atom stereocenters. The fraction of sp³-hybridized carbons (Fsp3) is 0. The van der Waals surface area contributed by atoms with E-state index >= 15 is 0 Å². The highest BCUT2D eigenvalue weighted by atomic mass is 15.0. The number of hydrogen-bond donors (Lipinski definition) is 0. The molecule has 0 aliphatic carbocycles. The van der Waals surface area contributed by atoms with Crippen LogP contribution in [0.15, 0.2) is 170 Å². The van der Waals surface area contributed by atoms with E-state index in [1.807, 2.05) is 18.3 Å². The summed E-state index contributed by atoms with van der Waals surface area (Å²) in [5.41, 5.74) is 8.02. The average Bonchev–Trinajstić information content (AvgIpc) is 3.52. The fourth-order valence-electron chi connectivity index (χ4n) is 7.88. The van der Waals surface area contributed by atoms with E-state index in [9.17, 15) is 0 Å². The predicted octanol–water partition coefficient (Wildman–Crippen LogP) is 12.1. The van der Waals surface area contributed by atoms with Crippen molar-refractivity contribution >= 4 is 75.9 Å². The molecule has 0 aliphatic heterocycles. The van der Waals surface area contributed by atoms with Gasteiger partial charge in [0.05, 0.1) is 16.6 Å². The van der Waals surface area contributed by atoms with Gasteiger partial charge >= 0.3 is 0 Å². The van der Waals surface area contributed by atoms with Crippen molar-refractivity contribution in [2.24, 2.45) is 0 Å². The minimum atomic E-state index is 0.686. The Morgan fingerprint density at radius 1 is 0.412 bits per heavy atom. The summed E-state index contributed by atoms with van der Waals surface area (Å²) >= 11 is 0. The Morgan fingerprint density at radius 3 is 1.94 bits per heavy atom. The Morgan fingerprint density at radius 2 is 1.06 bits per heavy atom. The van der Waals surface area contributed by atoms with Crippen molar-refractivity contribution in [1.29, 1.82) is 0 Å². The van der Waals surface area contributed by atoms with Gasteiger partial charge in [0.15, 0.2) is 5.82 Å². The molecule has 51 heavy (non-hydrogen) atoms. The van der Waals surface area contributed by atoms with Crippen molar-refractivity contribution in [3.8, 4) is 28.3 Å². The van der Waals surface area contributed by atoms with Gasteiger partial charge in [0.25, 0.3) is 0 Å². The van der Waals surface area contributed by atoms with Crippen LogP contribution in [0, 0.1) is 0 Å². The molecule has 11 aromatic rings. The Hall–Kier alpha value is -6.91. The van der Waals surface area contributed by atoms with Crippen LogP contribution in [0.25, 0.3) is 104 Å². The lowest BCUT2D eigenvalue weighted by molar-refractivity contribution is 1.19. The van der Waals surface area contributed by atoms with Crippen molar-refractivity contribution in [1.82, 2.24) is 19.5 Å². The zero-order chi connectivity index (χ0) is 33.5. The third kappa shape index (κ3) is 4.37. The van der Waals surface area contributed by atoms with Crippen molar-refractivity contribution in [2.75, 3.05) is 0 Å². The molecule has 0 amide bonds. The number of nitrogens with zero attached hydrogens (tertiary/aromatic N) is 4. The van der Waals surface area contributed by atoms with Crippen LogP contribution in [0.5, 0.6) is 0 Å². The van der Waals surface area contributed by atoms with Crippen molar-refractivity contribution in [3.63, 3.8) is 0 Å². The summed E-state index contributed by atoms with van der Waals surface area (Å²) in [5.74, 6) is 0.686. The molecule has 0 saturated carbocycles. The lowest BCUT2D eigenvalue weighted by atomic mass is 10.0. The summed E-state index contributed by atoms with van der Waals surface area (Å²) in [4.78, 5) is 14.9. The van der Waals surface area contributed by atoms with E-state index in [0.717, 1.165) is 44.3 Å². The Kier molecular flexibility index (Phi) is 5.92. The number of rotatable bonds is 3. The number of benzene rings is 8. The highest BCUT2D eigenvalue weighted by molar-refractivity contribution is 6.20. The second-order valence-electron chi connectivity index (χ2n) is 13.3. The molecule has 0 atom stereocenters. The van der Waals surface area contributed by atoms with Gasteiger partial charge in [-0.3, -0.25) is 4.98 Å². The first kappa shape index (κ1) is 28.0. The minimum absolute atomic E-state index is 0.686. The highest BCUT2D eigenvalue weighted by Crippen LogP contribution is 2.39. The summed E-state index contributed by atoms with van der Waals surface area (Å²) in [6, 6.07) is 58.7. The van der Waals surface area contributed by atoms with Crippen LogP contribution in [0.3, 0.4) is 0 Å². The molecule has 0 N–H and O–H groups in total. The van der Waals surface area contributed by atoms with Gasteiger partial charge in [-0.15, -0.1) is 0 Å². The van der Waals surface area contributed by atoms with E-state index in [1.165, 1.54) is 54.1 Å². The maximum atomic E-state index is 5.16. The summed E-state index contributed by atoms with van der Waals surface area (Å²) in [5, 5.41) is 12.1. The van der Waals surface area contributed by atoms with Gasteiger partial charge in [-0.1, -0.05) is 115 Å². The first-order valence-electron chi connectivity index (χ1n) is 17.3. The van der Waals surface area contributed by atoms with Gasteiger partial charge in [-0.2, -0.15) is 0 Å². The zero-order valence-corrected chi connectivity index (χ0v) is 27.5. The highest BCUT2D eigenvalue weighted by Gasteiger charge is 2.17. The molecule has 236 valence electrons. The maximum absolute atomic E-state index is 5.16. The van der Waals surface area contributed by atoms with Crippen LogP contribution in [0.2, 0.25) is 0 Å². The van der Waals surface area contributed by atoms with E-state index in [0.29, 0.717) is 5.82 Å². The first-order valence-corrected chi connectivity index (χ1v) is 17.3. The molecule has 0 fully saturated rings. The maximum Gasteiger partial charge on any atom is 0.160 e. The number of pyridine rings is 1. The lowest BCUT2D eigenvalue weighted by Gasteiger charge is -2.12. The van der Waals surface area contributed by atoms with Gasteiger partial charge in [-0.05, 0) is 86.2 Å². The third-order valence-corrected chi connectivity index (χ3v) is 10.3. The van der Waals surface area contributed by atoms with Crippen LogP contribution in [-0.4, -0.2) is 19.5 Å². The second kappa shape index (κ2) is 10.8. The van der Waals surface area contributed by atoms with Gasteiger partial charge in [0.2, 0.25) is 0 Å². The normalized spacial score (nSPS) is 11.9. The molecule has 0 bridgehead atoms. The van der Waals surface area contributed by atoms with Crippen LogP contribution >= 0.6 is 0 Å². The number of hydrogen-bond acceptors (Lipinski definition) is 3.